The molecule has 1 fully saturated rings. The molecular weight excluding hydrogens is 356 g/mol. The van der Waals surface area contributed by atoms with Crippen molar-refractivity contribution < 1.29 is 18.7 Å². The van der Waals surface area contributed by atoms with E-state index in [0.29, 0.717) is 36.5 Å². The Kier molecular flexibility index (Phi) is 5.05. The second kappa shape index (κ2) is 7.64. The zero-order chi connectivity index (χ0) is 19.7. The molecule has 0 N–H and O–H groups in total. The third-order valence-electron chi connectivity index (χ3n) is 4.90. The van der Waals surface area contributed by atoms with Gasteiger partial charge in [-0.15, -0.1) is 0 Å². The summed E-state index contributed by atoms with van der Waals surface area (Å²) in [7, 11) is 1.65. The molecule has 6 heteroatoms. The van der Waals surface area contributed by atoms with Gasteiger partial charge in [-0.05, 0) is 49.7 Å². The molecule has 3 aromatic rings. The molecule has 0 radical (unpaired) electrons. The van der Waals surface area contributed by atoms with Crippen LogP contribution in [0.5, 0.6) is 5.75 Å². The van der Waals surface area contributed by atoms with Gasteiger partial charge in [0.2, 0.25) is 0 Å². The third-order valence-corrected chi connectivity index (χ3v) is 4.90. The van der Waals surface area contributed by atoms with E-state index in [2.05, 4.69) is 4.98 Å². The van der Waals surface area contributed by atoms with Gasteiger partial charge >= 0.3 is 0 Å². The van der Waals surface area contributed by atoms with Gasteiger partial charge in [-0.3, -0.25) is 4.79 Å². The molecule has 0 aliphatic carbocycles. The summed E-state index contributed by atoms with van der Waals surface area (Å²) in [6.45, 7) is 5.17. The van der Waals surface area contributed by atoms with Crippen molar-refractivity contribution in [3.05, 3.63) is 59.5 Å². The van der Waals surface area contributed by atoms with E-state index in [1.54, 1.807) is 13.2 Å². The van der Waals surface area contributed by atoms with Crippen molar-refractivity contribution >= 4 is 17.0 Å². The highest BCUT2D eigenvalue weighted by Crippen LogP contribution is 2.22. The van der Waals surface area contributed by atoms with E-state index >= 15 is 0 Å². The fraction of sp³-hybridized carbons (Fsp3) is 0.364. The van der Waals surface area contributed by atoms with Gasteiger partial charge in [-0.25, -0.2) is 4.98 Å². The smallest absolute Gasteiger partial charge is 0.254 e. The summed E-state index contributed by atoms with van der Waals surface area (Å²) in [4.78, 5) is 19.3. The first kappa shape index (κ1) is 18.5. The molecule has 2 heterocycles. The van der Waals surface area contributed by atoms with E-state index in [1.165, 1.54) is 0 Å². The van der Waals surface area contributed by atoms with E-state index in [4.69, 9.17) is 13.9 Å². The Bertz CT molecular complexity index is 970. The minimum Gasteiger partial charge on any atom is -0.497 e. The number of carbonyl (C=O) groups excluding carboxylic acids is 1. The van der Waals surface area contributed by atoms with Crippen molar-refractivity contribution in [3.63, 3.8) is 0 Å². The number of hydrogen-bond acceptors (Lipinski definition) is 5. The average molecular weight is 380 g/mol. The maximum absolute atomic E-state index is 12.9. The van der Waals surface area contributed by atoms with E-state index in [9.17, 15) is 4.79 Å². The Morgan fingerprint density at radius 2 is 1.86 bits per heavy atom. The van der Waals surface area contributed by atoms with Crippen molar-refractivity contribution in [2.24, 2.45) is 0 Å². The van der Waals surface area contributed by atoms with Gasteiger partial charge in [0.05, 0.1) is 19.3 Å². The Morgan fingerprint density at radius 3 is 2.54 bits per heavy atom. The zero-order valence-electron chi connectivity index (χ0n) is 16.3. The summed E-state index contributed by atoms with van der Waals surface area (Å²) in [6, 6.07) is 13.3. The number of oxazole rings is 1. The highest BCUT2D eigenvalue weighted by Gasteiger charge is 2.27. The maximum atomic E-state index is 12.9. The highest BCUT2D eigenvalue weighted by atomic mass is 16.5. The number of fused-ring (bicyclic) bond motifs is 1. The lowest BCUT2D eigenvalue weighted by molar-refractivity contribution is -0.0586. The summed E-state index contributed by atoms with van der Waals surface area (Å²) in [5.41, 5.74) is 3.08. The predicted octanol–water partition coefficient (Wildman–Crippen LogP) is 3.68. The van der Waals surface area contributed by atoms with Crippen LogP contribution in [-0.2, 0) is 11.2 Å². The Balaban J connectivity index is 1.53. The summed E-state index contributed by atoms with van der Waals surface area (Å²) in [5, 5.41) is 0. The van der Waals surface area contributed by atoms with E-state index in [1.807, 2.05) is 55.1 Å². The minimum absolute atomic E-state index is 0.00277. The molecule has 0 bridgehead atoms. The van der Waals surface area contributed by atoms with Crippen LogP contribution in [0.15, 0.2) is 46.9 Å². The van der Waals surface area contributed by atoms with Crippen LogP contribution in [0.3, 0.4) is 0 Å². The lowest BCUT2D eigenvalue weighted by atomic mass is 10.1. The molecule has 2 aromatic carbocycles. The summed E-state index contributed by atoms with van der Waals surface area (Å²) < 4.78 is 16.8. The van der Waals surface area contributed by atoms with Crippen molar-refractivity contribution in [1.29, 1.82) is 0 Å². The second-order valence-electron chi connectivity index (χ2n) is 7.28. The number of aromatic nitrogens is 1. The van der Waals surface area contributed by atoms with Gasteiger partial charge in [-0.2, -0.15) is 0 Å². The van der Waals surface area contributed by atoms with Crippen LogP contribution in [0, 0.1) is 0 Å². The van der Waals surface area contributed by atoms with Crippen molar-refractivity contribution in [2.45, 2.75) is 32.5 Å². The summed E-state index contributed by atoms with van der Waals surface area (Å²) in [6.07, 6.45) is 0.663. The highest BCUT2D eigenvalue weighted by molar-refractivity contribution is 5.97. The zero-order valence-corrected chi connectivity index (χ0v) is 16.3. The van der Waals surface area contributed by atoms with Gasteiger partial charge in [0.1, 0.15) is 11.3 Å². The molecule has 0 spiro atoms. The van der Waals surface area contributed by atoms with Crippen molar-refractivity contribution in [2.75, 3.05) is 20.2 Å². The first-order valence-corrected chi connectivity index (χ1v) is 9.49. The van der Waals surface area contributed by atoms with Gasteiger partial charge in [0.25, 0.3) is 5.91 Å². The van der Waals surface area contributed by atoms with Crippen LogP contribution < -0.4 is 4.74 Å². The second-order valence-corrected chi connectivity index (χ2v) is 7.28. The maximum Gasteiger partial charge on any atom is 0.254 e. The molecule has 0 saturated carbocycles. The molecule has 28 heavy (non-hydrogen) atoms. The summed E-state index contributed by atoms with van der Waals surface area (Å²) in [5.74, 6) is 1.44. The van der Waals surface area contributed by atoms with Crippen LogP contribution in [-0.4, -0.2) is 48.2 Å². The van der Waals surface area contributed by atoms with Crippen LogP contribution >= 0.6 is 0 Å². The number of methoxy groups -OCH3 is 1. The molecule has 146 valence electrons. The molecule has 1 amide bonds. The van der Waals surface area contributed by atoms with Crippen molar-refractivity contribution in [3.8, 4) is 5.75 Å². The minimum atomic E-state index is -0.00277. The van der Waals surface area contributed by atoms with E-state index < -0.39 is 0 Å². The summed E-state index contributed by atoms with van der Waals surface area (Å²) >= 11 is 0. The normalized spacial score (nSPS) is 19.8. The van der Waals surface area contributed by atoms with Gasteiger partial charge < -0.3 is 18.8 Å². The molecule has 1 aliphatic rings. The number of rotatable bonds is 4. The standard InChI is InChI=1S/C22H24N2O4/c1-14-12-24(13-15(2)27-14)22(25)17-6-9-19-20(11-17)28-21(23-19)10-16-4-7-18(26-3)8-5-16/h4-9,11,14-15H,10,12-13H2,1-3H3/t14-,15+. The van der Waals surface area contributed by atoms with Crippen LogP contribution in [0.4, 0.5) is 0 Å². The third kappa shape index (κ3) is 3.87. The first-order valence-electron chi connectivity index (χ1n) is 9.49. The van der Waals surface area contributed by atoms with Crippen molar-refractivity contribution in [1.82, 2.24) is 9.88 Å². The molecule has 0 unspecified atom stereocenters. The molecule has 6 nitrogen and oxygen atoms in total. The fourth-order valence-electron chi connectivity index (χ4n) is 3.63. The number of morpholine rings is 1. The molecule has 1 saturated heterocycles. The largest absolute Gasteiger partial charge is 0.497 e. The molecule has 2 atom stereocenters. The van der Waals surface area contributed by atoms with E-state index in [-0.39, 0.29) is 18.1 Å². The number of amides is 1. The number of nitrogens with zero attached hydrogens (tertiary/aromatic N) is 2. The van der Waals surface area contributed by atoms with Crippen LogP contribution in [0.2, 0.25) is 0 Å². The van der Waals surface area contributed by atoms with Crippen LogP contribution in [0.1, 0.15) is 35.7 Å². The number of benzene rings is 2. The molecule has 1 aromatic heterocycles. The Morgan fingerprint density at radius 1 is 1.14 bits per heavy atom. The Labute approximate surface area is 164 Å². The SMILES string of the molecule is COc1ccc(Cc2nc3ccc(C(=O)N4C[C@@H](C)O[C@@H](C)C4)cc3o2)cc1. The molecule has 1 aliphatic heterocycles. The molecular formula is C22H24N2O4. The lowest BCUT2D eigenvalue weighted by Crippen LogP contribution is -2.48. The van der Waals surface area contributed by atoms with Gasteiger partial charge in [-0.1, -0.05) is 12.1 Å². The fourth-order valence-corrected chi connectivity index (χ4v) is 3.63. The average Bonchev–Trinajstić information content (AvgIpc) is 3.08. The lowest BCUT2D eigenvalue weighted by Gasteiger charge is -2.35. The predicted molar refractivity (Wildman–Crippen MR) is 106 cm³/mol. The quantitative estimate of drug-likeness (QED) is 0.691. The first-order chi connectivity index (χ1) is 13.5. The van der Waals surface area contributed by atoms with Crippen LogP contribution in [0.25, 0.3) is 11.1 Å². The number of carbonyl (C=O) groups is 1. The Hall–Kier alpha value is -2.86. The number of hydrogen-bond donors (Lipinski definition) is 0. The van der Waals surface area contributed by atoms with E-state index in [0.717, 1.165) is 16.8 Å². The topological polar surface area (TPSA) is 64.8 Å². The monoisotopic (exact) mass is 380 g/mol. The number of ether oxygens (including phenoxy) is 2. The van der Waals surface area contributed by atoms with Gasteiger partial charge in [0.15, 0.2) is 11.5 Å². The van der Waals surface area contributed by atoms with Gasteiger partial charge in [0, 0.05) is 25.1 Å². The molecule has 4 rings (SSSR count).